The molecule has 90 valence electrons. The zero-order chi connectivity index (χ0) is 12.3. The number of phenolic OH excluding ortho intramolecular Hbond substituents is 1. The first kappa shape index (κ1) is 12.8. The molecule has 0 saturated heterocycles. The lowest BCUT2D eigenvalue weighted by Crippen LogP contribution is -2.07. The lowest BCUT2D eigenvalue weighted by Gasteiger charge is -2.18. The summed E-state index contributed by atoms with van der Waals surface area (Å²) in [7, 11) is 1.57. The standard InChI is InChI=1S/C13H21NO2/c1-8(5-6-14)11-7-12(15)13(16-4)10(3)9(11)2/h7-8,15H,5-6,14H2,1-4H3. The van der Waals surface area contributed by atoms with Crippen LogP contribution >= 0.6 is 0 Å². The van der Waals surface area contributed by atoms with Gasteiger partial charge in [-0.05, 0) is 55.5 Å². The lowest BCUT2D eigenvalue weighted by molar-refractivity contribution is 0.369. The molecule has 0 fully saturated rings. The number of aromatic hydroxyl groups is 1. The quantitative estimate of drug-likeness (QED) is 0.824. The summed E-state index contributed by atoms with van der Waals surface area (Å²) in [5.74, 6) is 1.14. The molecule has 1 aromatic rings. The maximum atomic E-state index is 9.86. The van der Waals surface area contributed by atoms with E-state index in [1.54, 1.807) is 13.2 Å². The van der Waals surface area contributed by atoms with Gasteiger partial charge >= 0.3 is 0 Å². The molecule has 3 nitrogen and oxygen atoms in total. The van der Waals surface area contributed by atoms with Crippen LogP contribution in [0.2, 0.25) is 0 Å². The Morgan fingerprint density at radius 3 is 2.50 bits per heavy atom. The van der Waals surface area contributed by atoms with Crippen molar-refractivity contribution in [2.45, 2.75) is 33.1 Å². The Kier molecular flexibility index (Phi) is 4.19. The fourth-order valence-electron chi connectivity index (χ4n) is 2.08. The number of phenols is 1. The molecule has 0 spiro atoms. The second-order valence-electron chi connectivity index (χ2n) is 4.25. The molecule has 3 N–H and O–H groups in total. The second-order valence-corrected chi connectivity index (χ2v) is 4.25. The number of hydrogen-bond donors (Lipinski definition) is 2. The van der Waals surface area contributed by atoms with Crippen LogP contribution in [0, 0.1) is 13.8 Å². The van der Waals surface area contributed by atoms with Gasteiger partial charge < -0.3 is 15.6 Å². The Morgan fingerprint density at radius 1 is 1.38 bits per heavy atom. The first-order valence-electron chi connectivity index (χ1n) is 5.60. The summed E-state index contributed by atoms with van der Waals surface area (Å²) >= 11 is 0. The van der Waals surface area contributed by atoms with Gasteiger partial charge in [0.1, 0.15) is 0 Å². The van der Waals surface area contributed by atoms with Gasteiger partial charge in [0.2, 0.25) is 0 Å². The molecule has 0 aliphatic rings. The summed E-state index contributed by atoms with van der Waals surface area (Å²) in [4.78, 5) is 0. The van der Waals surface area contributed by atoms with Crippen LogP contribution in [0.3, 0.4) is 0 Å². The highest BCUT2D eigenvalue weighted by Crippen LogP contribution is 2.37. The molecule has 1 aromatic carbocycles. The topological polar surface area (TPSA) is 55.5 Å². The number of nitrogens with two attached hydrogens (primary N) is 1. The maximum Gasteiger partial charge on any atom is 0.163 e. The molecule has 0 saturated carbocycles. The fourth-order valence-corrected chi connectivity index (χ4v) is 2.08. The molecule has 0 heterocycles. The van der Waals surface area contributed by atoms with Crippen LogP contribution in [0.25, 0.3) is 0 Å². The SMILES string of the molecule is COc1c(O)cc(C(C)CCN)c(C)c1C. The van der Waals surface area contributed by atoms with Crippen LogP contribution in [0.4, 0.5) is 0 Å². The largest absolute Gasteiger partial charge is 0.504 e. The number of benzene rings is 1. The molecule has 0 aromatic heterocycles. The van der Waals surface area contributed by atoms with E-state index in [1.165, 1.54) is 5.56 Å². The van der Waals surface area contributed by atoms with Gasteiger partial charge in [0.15, 0.2) is 11.5 Å². The monoisotopic (exact) mass is 223 g/mol. The third kappa shape index (κ3) is 2.30. The van der Waals surface area contributed by atoms with Gasteiger partial charge in [-0.3, -0.25) is 0 Å². The highest BCUT2D eigenvalue weighted by atomic mass is 16.5. The van der Waals surface area contributed by atoms with Gasteiger partial charge in [0.25, 0.3) is 0 Å². The molecule has 1 rings (SSSR count). The third-order valence-electron chi connectivity index (χ3n) is 3.20. The van der Waals surface area contributed by atoms with Gasteiger partial charge in [0.05, 0.1) is 7.11 Å². The molecular weight excluding hydrogens is 202 g/mol. The molecule has 0 amide bonds. The summed E-state index contributed by atoms with van der Waals surface area (Å²) in [6, 6.07) is 1.79. The number of ether oxygens (including phenoxy) is 1. The smallest absolute Gasteiger partial charge is 0.163 e. The normalized spacial score (nSPS) is 12.6. The molecule has 3 heteroatoms. The van der Waals surface area contributed by atoms with Crippen molar-refractivity contribution in [2.75, 3.05) is 13.7 Å². The summed E-state index contributed by atoms with van der Waals surface area (Å²) in [6.07, 6.45) is 0.923. The minimum atomic E-state index is 0.212. The summed E-state index contributed by atoms with van der Waals surface area (Å²) in [6.45, 7) is 6.80. The Hall–Kier alpha value is -1.22. The predicted molar refractivity (Wildman–Crippen MR) is 66.2 cm³/mol. The second kappa shape index (κ2) is 5.21. The van der Waals surface area contributed by atoms with Crippen molar-refractivity contribution in [1.82, 2.24) is 0 Å². The van der Waals surface area contributed by atoms with E-state index in [0.717, 1.165) is 17.5 Å². The fraction of sp³-hybridized carbons (Fsp3) is 0.538. The maximum absolute atomic E-state index is 9.86. The van der Waals surface area contributed by atoms with Crippen molar-refractivity contribution in [3.8, 4) is 11.5 Å². The van der Waals surface area contributed by atoms with Crippen LogP contribution in [0.1, 0.15) is 36.0 Å². The van der Waals surface area contributed by atoms with Crippen molar-refractivity contribution < 1.29 is 9.84 Å². The molecule has 0 aliphatic carbocycles. The Morgan fingerprint density at radius 2 is 2.00 bits per heavy atom. The predicted octanol–water partition coefficient (Wildman–Crippen LogP) is 2.47. The average Bonchev–Trinajstić information content (AvgIpc) is 2.24. The molecule has 0 radical (unpaired) electrons. The highest BCUT2D eigenvalue weighted by molar-refractivity contribution is 5.53. The van der Waals surface area contributed by atoms with Crippen molar-refractivity contribution in [3.63, 3.8) is 0 Å². The summed E-state index contributed by atoms with van der Waals surface area (Å²) in [5, 5.41) is 9.86. The lowest BCUT2D eigenvalue weighted by atomic mass is 9.90. The number of rotatable bonds is 4. The van der Waals surface area contributed by atoms with E-state index in [9.17, 15) is 5.11 Å². The minimum Gasteiger partial charge on any atom is -0.504 e. The van der Waals surface area contributed by atoms with E-state index in [4.69, 9.17) is 10.5 Å². The highest BCUT2D eigenvalue weighted by Gasteiger charge is 2.16. The van der Waals surface area contributed by atoms with E-state index in [0.29, 0.717) is 18.2 Å². The van der Waals surface area contributed by atoms with E-state index >= 15 is 0 Å². The van der Waals surface area contributed by atoms with Crippen molar-refractivity contribution in [2.24, 2.45) is 5.73 Å². The van der Waals surface area contributed by atoms with E-state index in [2.05, 4.69) is 13.8 Å². The first-order chi connectivity index (χ1) is 7.52. The van der Waals surface area contributed by atoms with Crippen LogP contribution in [0.15, 0.2) is 6.07 Å². The third-order valence-corrected chi connectivity index (χ3v) is 3.20. The molecule has 1 atom stereocenters. The van der Waals surface area contributed by atoms with Gasteiger partial charge in [-0.15, -0.1) is 0 Å². The average molecular weight is 223 g/mol. The van der Waals surface area contributed by atoms with Gasteiger partial charge in [-0.25, -0.2) is 0 Å². The molecule has 0 aliphatic heterocycles. The van der Waals surface area contributed by atoms with Crippen LogP contribution in [-0.4, -0.2) is 18.8 Å². The number of hydrogen-bond acceptors (Lipinski definition) is 3. The van der Waals surface area contributed by atoms with Crippen LogP contribution in [-0.2, 0) is 0 Å². The first-order valence-corrected chi connectivity index (χ1v) is 5.60. The summed E-state index contributed by atoms with van der Waals surface area (Å²) < 4.78 is 5.18. The Balaban J connectivity index is 3.22. The van der Waals surface area contributed by atoms with Crippen LogP contribution in [0.5, 0.6) is 11.5 Å². The number of methoxy groups -OCH3 is 1. The van der Waals surface area contributed by atoms with E-state index in [-0.39, 0.29) is 5.75 Å². The van der Waals surface area contributed by atoms with Crippen LogP contribution < -0.4 is 10.5 Å². The van der Waals surface area contributed by atoms with Crippen molar-refractivity contribution >= 4 is 0 Å². The molecule has 16 heavy (non-hydrogen) atoms. The van der Waals surface area contributed by atoms with Crippen molar-refractivity contribution in [3.05, 3.63) is 22.8 Å². The van der Waals surface area contributed by atoms with E-state index < -0.39 is 0 Å². The van der Waals surface area contributed by atoms with Crippen molar-refractivity contribution in [1.29, 1.82) is 0 Å². The molecular formula is C13H21NO2. The molecule has 1 unspecified atom stereocenters. The van der Waals surface area contributed by atoms with Gasteiger partial charge in [-0.1, -0.05) is 6.92 Å². The van der Waals surface area contributed by atoms with E-state index in [1.807, 2.05) is 6.92 Å². The molecule has 0 bridgehead atoms. The Labute approximate surface area is 97.2 Å². The Bertz CT molecular complexity index is 375. The summed E-state index contributed by atoms with van der Waals surface area (Å²) in [5.41, 5.74) is 8.89. The van der Waals surface area contributed by atoms with Gasteiger partial charge in [0, 0.05) is 0 Å². The minimum absolute atomic E-state index is 0.212. The zero-order valence-electron chi connectivity index (χ0n) is 10.5. The van der Waals surface area contributed by atoms with Gasteiger partial charge in [-0.2, -0.15) is 0 Å². The zero-order valence-corrected chi connectivity index (χ0v) is 10.5.